The second-order valence-electron chi connectivity index (χ2n) is 5.82. The van der Waals surface area contributed by atoms with Crippen molar-refractivity contribution in [1.29, 1.82) is 0 Å². The first-order chi connectivity index (χ1) is 13.3. The first kappa shape index (κ1) is 21.7. The van der Waals surface area contributed by atoms with Crippen molar-refractivity contribution in [3.63, 3.8) is 0 Å². The quantitative estimate of drug-likeness (QED) is 0.661. The summed E-state index contributed by atoms with van der Waals surface area (Å²) in [6, 6.07) is 8.33. The summed E-state index contributed by atoms with van der Waals surface area (Å²) in [5.74, 6) is -1.20. The van der Waals surface area contributed by atoms with Crippen LogP contribution in [0, 0.1) is 5.82 Å². The second kappa shape index (κ2) is 10.1. The molecule has 2 aromatic carbocycles. The van der Waals surface area contributed by atoms with Gasteiger partial charge in [-0.2, -0.15) is 0 Å². The topological polar surface area (TPSA) is 73.9 Å². The van der Waals surface area contributed by atoms with E-state index in [2.05, 4.69) is 5.32 Å². The molecule has 1 N–H and O–H groups in total. The molecule has 1 amide bonds. The zero-order valence-electron chi connectivity index (χ0n) is 15.8. The number of carbonyl (C=O) groups excluding carboxylic acids is 2. The third-order valence-corrected chi connectivity index (χ3v) is 4.13. The van der Waals surface area contributed by atoms with Crippen molar-refractivity contribution < 1.29 is 28.2 Å². The Hall–Kier alpha value is -2.64. The lowest BCUT2D eigenvalue weighted by Crippen LogP contribution is -2.30. The van der Waals surface area contributed by atoms with E-state index in [1.54, 1.807) is 12.1 Å². The highest BCUT2D eigenvalue weighted by Gasteiger charge is 2.21. The molecule has 0 aromatic heterocycles. The van der Waals surface area contributed by atoms with Gasteiger partial charge in [0.2, 0.25) is 0 Å². The lowest BCUT2D eigenvalue weighted by Gasteiger charge is -2.15. The zero-order valence-corrected chi connectivity index (χ0v) is 16.5. The number of methoxy groups -OCH3 is 1. The van der Waals surface area contributed by atoms with Gasteiger partial charge in [-0.05, 0) is 50.2 Å². The van der Waals surface area contributed by atoms with Gasteiger partial charge in [0.05, 0.1) is 30.0 Å². The molecule has 2 aromatic rings. The molecule has 0 fully saturated rings. The van der Waals surface area contributed by atoms with Crippen LogP contribution in [0.4, 0.5) is 10.1 Å². The Labute approximate surface area is 167 Å². The number of hydrogen-bond acceptors (Lipinski definition) is 5. The van der Waals surface area contributed by atoms with Gasteiger partial charge in [-0.25, -0.2) is 9.18 Å². The highest BCUT2D eigenvalue weighted by molar-refractivity contribution is 6.33. The van der Waals surface area contributed by atoms with Gasteiger partial charge in [-0.15, -0.1) is 0 Å². The molecule has 0 aliphatic heterocycles. The van der Waals surface area contributed by atoms with E-state index >= 15 is 0 Å². The number of benzene rings is 2. The van der Waals surface area contributed by atoms with Crippen molar-refractivity contribution in [3.8, 4) is 5.75 Å². The minimum atomic E-state index is -1.09. The van der Waals surface area contributed by atoms with Crippen molar-refractivity contribution in [3.05, 3.63) is 58.4 Å². The molecule has 150 valence electrons. The van der Waals surface area contributed by atoms with Crippen LogP contribution in [0.15, 0.2) is 36.4 Å². The number of halogens is 2. The number of amides is 1. The van der Waals surface area contributed by atoms with Crippen molar-refractivity contribution in [2.24, 2.45) is 0 Å². The van der Waals surface area contributed by atoms with Crippen LogP contribution < -0.4 is 10.1 Å². The van der Waals surface area contributed by atoms with E-state index in [9.17, 15) is 14.0 Å². The van der Waals surface area contributed by atoms with Crippen LogP contribution in [0.2, 0.25) is 5.02 Å². The Bertz CT molecular complexity index is 858. The minimum Gasteiger partial charge on any atom is -0.496 e. The summed E-state index contributed by atoms with van der Waals surface area (Å²) >= 11 is 5.88. The molecule has 0 saturated carbocycles. The predicted octanol–water partition coefficient (Wildman–Crippen LogP) is 4.21. The summed E-state index contributed by atoms with van der Waals surface area (Å²) in [6.45, 7) is 4.08. The van der Waals surface area contributed by atoms with Crippen LogP contribution in [0.25, 0.3) is 0 Å². The number of hydrogen-bond donors (Lipinski definition) is 1. The zero-order chi connectivity index (χ0) is 20.7. The second-order valence-corrected chi connectivity index (χ2v) is 6.23. The van der Waals surface area contributed by atoms with Crippen LogP contribution in [-0.2, 0) is 20.9 Å². The summed E-state index contributed by atoms with van der Waals surface area (Å²) in [5.41, 5.74) is 1.17. The Morgan fingerprint density at radius 3 is 2.61 bits per heavy atom. The smallest absolute Gasteiger partial charge is 0.338 e. The molecule has 0 aliphatic carbocycles. The van der Waals surface area contributed by atoms with Gasteiger partial charge < -0.3 is 19.5 Å². The van der Waals surface area contributed by atoms with E-state index < -0.39 is 23.8 Å². The standard InChI is InChI=1S/C20H21ClFNO5/c1-4-27-11-14-9-13(5-8-18(14)26-3)20(25)28-12(2)19(24)23-17-7-6-15(22)10-16(17)21/h5-10,12H,4,11H2,1-3H3,(H,23,24)/t12-/m1/s1. The Morgan fingerprint density at radius 2 is 1.96 bits per heavy atom. The molecule has 0 saturated heterocycles. The molecule has 28 heavy (non-hydrogen) atoms. The molecule has 0 unspecified atom stereocenters. The maximum Gasteiger partial charge on any atom is 0.338 e. The Morgan fingerprint density at radius 1 is 1.21 bits per heavy atom. The van der Waals surface area contributed by atoms with Gasteiger partial charge in [0, 0.05) is 12.2 Å². The number of ether oxygens (including phenoxy) is 3. The predicted molar refractivity (Wildman–Crippen MR) is 103 cm³/mol. The van der Waals surface area contributed by atoms with Gasteiger partial charge in [-0.1, -0.05) is 11.6 Å². The van der Waals surface area contributed by atoms with Gasteiger partial charge in [0.25, 0.3) is 5.91 Å². The fourth-order valence-electron chi connectivity index (χ4n) is 2.34. The summed E-state index contributed by atoms with van der Waals surface area (Å²) in [5, 5.41) is 2.54. The number of nitrogens with one attached hydrogen (secondary N) is 1. The van der Waals surface area contributed by atoms with Crippen LogP contribution >= 0.6 is 11.6 Å². The molecule has 8 heteroatoms. The molecule has 2 rings (SSSR count). The first-order valence-electron chi connectivity index (χ1n) is 8.57. The SMILES string of the molecule is CCOCc1cc(C(=O)O[C@H](C)C(=O)Nc2ccc(F)cc2Cl)ccc1OC. The van der Waals surface area contributed by atoms with Gasteiger partial charge >= 0.3 is 5.97 Å². The number of rotatable bonds is 8. The van der Waals surface area contributed by atoms with E-state index in [0.29, 0.717) is 17.9 Å². The molecule has 0 radical (unpaired) electrons. The molecule has 0 aliphatic rings. The lowest BCUT2D eigenvalue weighted by molar-refractivity contribution is -0.123. The fraction of sp³-hybridized carbons (Fsp3) is 0.300. The highest BCUT2D eigenvalue weighted by Crippen LogP contribution is 2.24. The van der Waals surface area contributed by atoms with Crippen molar-refractivity contribution in [1.82, 2.24) is 0 Å². The summed E-state index contributed by atoms with van der Waals surface area (Å²) < 4.78 is 28.9. The van der Waals surface area contributed by atoms with Crippen LogP contribution in [-0.4, -0.2) is 31.7 Å². The molecular formula is C20H21ClFNO5. The third kappa shape index (κ3) is 5.68. The van der Waals surface area contributed by atoms with E-state index in [1.807, 2.05) is 6.92 Å². The minimum absolute atomic E-state index is 0.0441. The Balaban J connectivity index is 2.05. The Kier molecular flexibility index (Phi) is 7.78. The van der Waals surface area contributed by atoms with Gasteiger partial charge in [0.15, 0.2) is 6.10 Å². The summed E-state index contributed by atoms with van der Waals surface area (Å²) in [7, 11) is 1.52. The van der Waals surface area contributed by atoms with Crippen molar-refractivity contribution >= 4 is 29.2 Å². The van der Waals surface area contributed by atoms with Gasteiger partial charge in [0.1, 0.15) is 11.6 Å². The summed E-state index contributed by atoms with van der Waals surface area (Å²) in [4.78, 5) is 24.6. The van der Waals surface area contributed by atoms with Crippen molar-refractivity contribution in [2.45, 2.75) is 26.6 Å². The van der Waals surface area contributed by atoms with Crippen LogP contribution in [0.1, 0.15) is 29.8 Å². The average Bonchev–Trinajstić information content (AvgIpc) is 2.67. The lowest BCUT2D eigenvalue weighted by atomic mass is 10.1. The monoisotopic (exact) mass is 409 g/mol. The van der Waals surface area contributed by atoms with E-state index in [4.69, 9.17) is 25.8 Å². The molecule has 0 spiro atoms. The van der Waals surface area contributed by atoms with E-state index in [-0.39, 0.29) is 22.9 Å². The first-order valence-corrected chi connectivity index (χ1v) is 8.95. The molecule has 0 bridgehead atoms. The molecule has 0 heterocycles. The largest absolute Gasteiger partial charge is 0.496 e. The maximum absolute atomic E-state index is 13.1. The van der Waals surface area contributed by atoms with Crippen molar-refractivity contribution in [2.75, 3.05) is 19.0 Å². The summed E-state index contributed by atoms with van der Waals surface area (Å²) in [6.07, 6.45) is -1.09. The van der Waals surface area contributed by atoms with Crippen LogP contribution in [0.5, 0.6) is 5.75 Å². The van der Waals surface area contributed by atoms with E-state index in [0.717, 1.165) is 12.1 Å². The van der Waals surface area contributed by atoms with Gasteiger partial charge in [-0.3, -0.25) is 4.79 Å². The number of anilines is 1. The van der Waals surface area contributed by atoms with Crippen LogP contribution in [0.3, 0.4) is 0 Å². The number of esters is 1. The number of carbonyl (C=O) groups is 2. The molecule has 6 nitrogen and oxygen atoms in total. The third-order valence-electron chi connectivity index (χ3n) is 3.82. The molecule has 1 atom stereocenters. The normalized spacial score (nSPS) is 11.6. The molecular weight excluding hydrogens is 389 g/mol. The maximum atomic E-state index is 13.1. The van der Waals surface area contributed by atoms with E-state index in [1.165, 1.54) is 26.2 Å². The fourth-order valence-corrected chi connectivity index (χ4v) is 2.55. The average molecular weight is 410 g/mol. The highest BCUT2D eigenvalue weighted by atomic mass is 35.5.